The molecule has 0 atom stereocenters. The molecule has 0 aliphatic rings. The Bertz CT molecular complexity index is 476. The molecular weight excluding hydrogens is 216 g/mol. The number of rotatable bonds is 4. The van der Waals surface area contributed by atoms with E-state index in [9.17, 15) is 0 Å². The van der Waals surface area contributed by atoms with E-state index in [0.717, 1.165) is 24.2 Å². The Kier molecular flexibility index (Phi) is 3.37. The largest absolute Gasteiger partial charge is 0.384 e. The van der Waals surface area contributed by atoms with Crippen molar-refractivity contribution in [3.05, 3.63) is 24.2 Å². The van der Waals surface area contributed by atoms with Gasteiger partial charge in [0.25, 0.3) is 5.89 Å². The number of pyridine rings is 1. The van der Waals surface area contributed by atoms with Crippen LogP contribution in [0, 0.1) is 5.92 Å². The lowest BCUT2D eigenvalue weighted by molar-refractivity contribution is 0.419. The highest BCUT2D eigenvalue weighted by Gasteiger charge is 2.09. The van der Waals surface area contributed by atoms with Gasteiger partial charge >= 0.3 is 0 Å². The molecule has 2 rings (SSSR count). The molecule has 0 radical (unpaired) electrons. The minimum atomic E-state index is 0.480. The molecule has 0 bridgehead atoms. The first-order valence-electron chi connectivity index (χ1n) is 5.69. The molecule has 0 amide bonds. The summed E-state index contributed by atoms with van der Waals surface area (Å²) < 4.78 is 5.18. The van der Waals surface area contributed by atoms with Gasteiger partial charge in [-0.25, -0.2) is 4.98 Å². The lowest BCUT2D eigenvalue weighted by Crippen LogP contribution is -1.94. The minimum Gasteiger partial charge on any atom is -0.384 e. The number of aryl methyl sites for hydroxylation is 1. The molecule has 2 heterocycles. The van der Waals surface area contributed by atoms with Crippen LogP contribution in [0.3, 0.4) is 0 Å². The van der Waals surface area contributed by atoms with E-state index in [1.54, 1.807) is 12.3 Å². The summed E-state index contributed by atoms with van der Waals surface area (Å²) in [6, 6.07) is 3.54. The number of hydrogen-bond donors (Lipinski definition) is 1. The van der Waals surface area contributed by atoms with Crippen molar-refractivity contribution in [2.24, 2.45) is 5.92 Å². The fourth-order valence-corrected chi connectivity index (χ4v) is 1.42. The van der Waals surface area contributed by atoms with Gasteiger partial charge in [0.2, 0.25) is 0 Å². The summed E-state index contributed by atoms with van der Waals surface area (Å²) in [6.07, 6.45) is 3.53. The second-order valence-corrected chi connectivity index (χ2v) is 4.42. The van der Waals surface area contributed by atoms with Crippen molar-refractivity contribution < 1.29 is 4.52 Å². The molecule has 0 aliphatic heterocycles. The van der Waals surface area contributed by atoms with Crippen LogP contribution in [0.2, 0.25) is 0 Å². The Morgan fingerprint density at radius 1 is 1.35 bits per heavy atom. The van der Waals surface area contributed by atoms with Crippen molar-refractivity contribution in [3.8, 4) is 11.5 Å². The molecule has 0 aromatic carbocycles. The van der Waals surface area contributed by atoms with Crippen LogP contribution in [0.15, 0.2) is 22.9 Å². The van der Waals surface area contributed by atoms with Crippen molar-refractivity contribution in [1.29, 1.82) is 0 Å². The first-order chi connectivity index (χ1) is 8.15. The van der Waals surface area contributed by atoms with E-state index in [4.69, 9.17) is 10.3 Å². The van der Waals surface area contributed by atoms with Crippen LogP contribution in [0.1, 0.15) is 26.1 Å². The maximum absolute atomic E-state index is 5.51. The number of anilines is 1. The number of nitrogen functional groups attached to an aromatic ring is 1. The first-order valence-corrected chi connectivity index (χ1v) is 5.69. The third-order valence-electron chi connectivity index (χ3n) is 2.45. The number of hydrogen-bond acceptors (Lipinski definition) is 5. The summed E-state index contributed by atoms with van der Waals surface area (Å²) in [4.78, 5) is 8.31. The van der Waals surface area contributed by atoms with E-state index in [1.165, 1.54) is 0 Å². The Morgan fingerprint density at radius 2 is 2.18 bits per heavy atom. The Hall–Kier alpha value is -1.91. The number of nitrogens with zero attached hydrogens (tertiary/aromatic N) is 3. The van der Waals surface area contributed by atoms with Crippen LogP contribution in [-0.2, 0) is 6.42 Å². The summed E-state index contributed by atoms with van der Waals surface area (Å²) in [6.45, 7) is 4.34. The molecular formula is C12H16N4O. The minimum absolute atomic E-state index is 0.480. The Morgan fingerprint density at radius 3 is 2.82 bits per heavy atom. The highest BCUT2D eigenvalue weighted by molar-refractivity contribution is 5.53. The summed E-state index contributed by atoms with van der Waals surface area (Å²) in [7, 11) is 0. The Labute approximate surface area is 100 Å². The lowest BCUT2D eigenvalue weighted by atomic mass is 10.1. The van der Waals surface area contributed by atoms with Crippen LogP contribution in [0.5, 0.6) is 0 Å². The predicted molar refractivity (Wildman–Crippen MR) is 65.1 cm³/mol. The predicted octanol–water partition coefficient (Wildman–Crippen LogP) is 2.30. The average molecular weight is 232 g/mol. The van der Waals surface area contributed by atoms with E-state index in [-0.39, 0.29) is 0 Å². The Balaban J connectivity index is 2.10. The van der Waals surface area contributed by atoms with Crippen molar-refractivity contribution in [2.45, 2.75) is 26.7 Å². The molecule has 0 fully saturated rings. The quantitative estimate of drug-likeness (QED) is 0.875. The van der Waals surface area contributed by atoms with Gasteiger partial charge < -0.3 is 10.3 Å². The van der Waals surface area contributed by atoms with Gasteiger partial charge in [-0.05, 0) is 24.5 Å². The maximum atomic E-state index is 5.51. The topological polar surface area (TPSA) is 77.8 Å². The molecule has 0 unspecified atom stereocenters. The maximum Gasteiger partial charge on any atom is 0.259 e. The van der Waals surface area contributed by atoms with Gasteiger partial charge in [-0.3, -0.25) is 0 Å². The van der Waals surface area contributed by atoms with Gasteiger partial charge in [0.15, 0.2) is 5.82 Å². The van der Waals surface area contributed by atoms with Crippen LogP contribution >= 0.6 is 0 Å². The van der Waals surface area contributed by atoms with Gasteiger partial charge in [-0.1, -0.05) is 19.0 Å². The molecule has 5 heteroatoms. The number of nitrogens with two attached hydrogens (primary N) is 1. The molecule has 0 spiro atoms. The lowest BCUT2D eigenvalue weighted by Gasteiger charge is -1.98. The van der Waals surface area contributed by atoms with Gasteiger partial charge in [-0.2, -0.15) is 4.98 Å². The SMILES string of the molecule is CC(C)CCc1noc(-c2ccc(N)nc2)n1. The third-order valence-corrected chi connectivity index (χ3v) is 2.45. The molecule has 0 aliphatic carbocycles. The second-order valence-electron chi connectivity index (χ2n) is 4.42. The molecule has 90 valence electrons. The highest BCUT2D eigenvalue weighted by Crippen LogP contribution is 2.17. The van der Waals surface area contributed by atoms with Crippen molar-refractivity contribution in [1.82, 2.24) is 15.1 Å². The molecule has 2 aromatic rings. The second kappa shape index (κ2) is 4.95. The van der Waals surface area contributed by atoms with Crippen LogP contribution in [0.25, 0.3) is 11.5 Å². The molecule has 0 saturated heterocycles. The summed E-state index contributed by atoms with van der Waals surface area (Å²) in [5.41, 5.74) is 6.31. The zero-order valence-corrected chi connectivity index (χ0v) is 10.1. The van der Waals surface area contributed by atoms with E-state index in [1.807, 2.05) is 6.07 Å². The summed E-state index contributed by atoms with van der Waals surface area (Å²) >= 11 is 0. The zero-order valence-electron chi connectivity index (χ0n) is 10.1. The normalized spacial score (nSPS) is 11.0. The third kappa shape index (κ3) is 3.03. The van der Waals surface area contributed by atoms with Gasteiger partial charge in [-0.15, -0.1) is 0 Å². The van der Waals surface area contributed by atoms with Crippen molar-refractivity contribution in [2.75, 3.05) is 5.73 Å². The van der Waals surface area contributed by atoms with Crippen LogP contribution in [0.4, 0.5) is 5.82 Å². The molecule has 0 saturated carbocycles. The average Bonchev–Trinajstić information content (AvgIpc) is 2.76. The summed E-state index contributed by atoms with van der Waals surface area (Å²) in [5, 5.41) is 3.94. The smallest absolute Gasteiger partial charge is 0.259 e. The molecule has 2 N–H and O–H groups in total. The van der Waals surface area contributed by atoms with E-state index >= 15 is 0 Å². The summed E-state index contributed by atoms with van der Waals surface area (Å²) in [5.74, 6) is 2.35. The van der Waals surface area contributed by atoms with Gasteiger partial charge in [0, 0.05) is 12.6 Å². The van der Waals surface area contributed by atoms with E-state index in [0.29, 0.717) is 17.6 Å². The van der Waals surface area contributed by atoms with E-state index in [2.05, 4.69) is 29.0 Å². The van der Waals surface area contributed by atoms with E-state index < -0.39 is 0 Å². The first kappa shape index (κ1) is 11.6. The van der Waals surface area contributed by atoms with Crippen LogP contribution < -0.4 is 5.73 Å². The highest BCUT2D eigenvalue weighted by atomic mass is 16.5. The molecule has 5 nitrogen and oxygen atoms in total. The standard InChI is InChI=1S/C12H16N4O/c1-8(2)3-6-11-15-12(17-16-11)9-4-5-10(13)14-7-9/h4-5,7-8H,3,6H2,1-2H3,(H2,13,14). The van der Waals surface area contributed by atoms with Crippen molar-refractivity contribution >= 4 is 5.82 Å². The molecule has 17 heavy (non-hydrogen) atoms. The molecule has 2 aromatic heterocycles. The zero-order chi connectivity index (χ0) is 12.3. The fourth-order valence-electron chi connectivity index (χ4n) is 1.42. The monoisotopic (exact) mass is 232 g/mol. The van der Waals surface area contributed by atoms with Crippen molar-refractivity contribution in [3.63, 3.8) is 0 Å². The van der Waals surface area contributed by atoms with Gasteiger partial charge in [0.05, 0.1) is 5.56 Å². The van der Waals surface area contributed by atoms with Crippen LogP contribution in [-0.4, -0.2) is 15.1 Å². The fraction of sp³-hybridized carbons (Fsp3) is 0.417. The van der Waals surface area contributed by atoms with Gasteiger partial charge in [0.1, 0.15) is 5.82 Å². The number of aromatic nitrogens is 3.